The Labute approximate surface area is 159 Å². The highest BCUT2D eigenvalue weighted by Gasteiger charge is 2.03. The van der Waals surface area contributed by atoms with Gasteiger partial charge >= 0.3 is 0 Å². The second kappa shape index (κ2) is 10.6. The van der Waals surface area contributed by atoms with Crippen LogP contribution in [0.25, 0.3) is 0 Å². The SMILES string of the molecule is CC(O)CNCCNCc1cccc(OCc2ccc(Cl)cc2Cl)c1. The van der Waals surface area contributed by atoms with Gasteiger partial charge in [-0.3, -0.25) is 0 Å². The molecule has 0 saturated heterocycles. The van der Waals surface area contributed by atoms with E-state index in [1.54, 1.807) is 19.1 Å². The van der Waals surface area contributed by atoms with Crippen LogP contribution in [0.1, 0.15) is 18.1 Å². The number of hydrogen-bond acceptors (Lipinski definition) is 4. The molecule has 1 atom stereocenters. The van der Waals surface area contributed by atoms with E-state index in [0.29, 0.717) is 23.2 Å². The topological polar surface area (TPSA) is 53.5 Å². The predicted octanol–water partition coefficient (Wildman–Crippen LogP) is 3.63. The number of halogens is 2. The second-order valence-corrected chi connectivity index (χ2v) is 6.75. The fourth-order valence-corrected chi connectivity index (χ4v) is 2.73. The predicted molar refractivity (Wildman–Crippen MR) is 103 cm³/mol. The molecule has 0 spiro atoms. The molecule has 0 bridgehead atoms. The summed E-state index contributed by atoms with van der Waals surface area (Å²) in [6.45, 7) is 5.18. The van der Waals surface area contributed by atoms with Crippen LogP contribution in [0.4, 0.5) is 0 Å². The summed E-state index contributed by atoms with van der Waals surface area (Å²) >= 11 is 12.1. The smallest absolute Gasteiger partial charge is 0.120 e. The van der Waals surface area contributed by atoms with Gasteiger partial charge in [0.25, 0.3) is 0 Å². The van der Waals surface area contributed by atoms with E-state index in [1.807, 2.05) is 24.3 Å². The summed E-state index contributed by atoms with van der Waals surface area (Å²) in [6, 6.07) is 13.4. The Balaban J connectivity index is 1.76. The number of aliphatic hydroxyl groups is 1. The van der Waals surface area contributed by atoms with Crippen LogP contribution >= 0.6 is 23.2 Å². The first-order valence-corrected chi connectivity index (χ1v) is 9.05. The molecule has 2 aromatic rings. The van der Waals surface area contributed by atoms with Gasteiger partial charge in [0.05, 0.1) is 6.10 Å². The van der Waals surface area contributed by atoms with Gasteiger partial charge in [-0.05, 0) is 36.8 Å². The number of benzene rings is 2. The van der Waals surface area contributed by atoms with Gasteiger partial charge in [0, 0.05) is 41.8 Å². The first kappa shape index (κ1) is 20.0. The quantitative estimate of drug-likeness (QED) is 0.549. The Hall–Kier alpha value is -1.30. The van der Waals surface area contributed by atoms with Crippen molar-refractivity contribution in [1.29, 1.82) is 0 Å². The van der Waals surface area contributed by atoms with Gasteiger partial charge in [0.1, 0.15) is 12.4 Å². The number of ether oxygens (including phenoxy) is 1. The second-order valence-electron chi connectivity index (χ2n) is 5.90. The lowest BCUT2D eigenvalue weighted by atomic mass is 10.2. The summed E-state index contributed by atoms with van der Waals surface area (Å²) in [7, 11) is 0. The zero-order valence-corrected chi connectivity index (χ0v) is 15.8. The van der Waals surface area contributed by atoms with Crippen LogP contribution in [0.3, 0.4) is 0 Å². The van der Waals surface area contributed by atoms with Crippen molar-refractivity contribution < 1.29 is 9.84 Å². The minimum atomic E-state index is -0.317. The molecule has 0 aliphatic heterocycles. The summed E-state index contributed by atoms with van der Waals surface area (Å²) in [6.07, 6.45) is -0.317. The van der Waals surface area contributed by atoms with Crippen LogP contribution in [-0.4, -0.2) is 30.8 Å². The number of aliphatic hydroxyl groups excluding tert-OH is 1. The minimum absolute atomic E-state index is 0.317. The molecule has 0 aliphatic carbocycles. The lowest BCUT2D eigenvalue weighted by Gasteiger charge is -2.11. The maximum absolute atomic E-state index is 9.17. The summed E-state index contributed by atoms with van der Waals surface area (Å²) < 4.78 is 5.83. The van der Waals surface area contributed by atoms with Crippen LogP contribution in [0.2, 0.25) is 10.0 Å². The van der Waals surface area contributed by atoms with E-state index in [0.717, 1.165) is 36.5 Å². The van der Waals surface area contributed by atoms with E-state index in [-0.39, 0.29) is 6.10 Å². The molecule has 2 aromatic carbocycles. The highest BCUT2D eigenvalue weighted by Crippen LogP contribution is 2.23. The molecular formula is C19H24Cl2N2O2. The Bertz CT molecular complexity index is 666. The Morgan fingerprint density at radius 3 is 2.64 bits per heavy atom. The van der Waals surface area contributed by atoms with E-state index >= 15 is 0 Å². The summed E-state index contributed by atoms with van der Waals surface area (Å²) in [4.78, 5) is 0. The molecule has 3 N–H and O–H groups in total. The molecule has 0 aromatic heterocycles. The molecular weight excluding hydrogens is 359 g/mol. The van der Waals surface area contributed by atoms with Crippen LogP contribution in [0.5, 0.6) is 5.75 Å². The van der Waals surface area contributed by atoms with Crippen LogP contribution in [0.15, 0.2) is 42.5 Å². The average Bonchev–Trinajstić information content (AvgIpc) is 2.57. The van der Waals surface area contributed by atoms with Crippen molar-refractivity contribution in [3.8, 4) is 5.75 Å². The summed E-state index contributed by atoms with van der Waals surface area (Å²) in [5.41, 5.74) is 2.05. The van der Waals surface area contributed by atoms with Gasteiger partial charge in [-0.2, -0.15) is 0 Å². The largest absolute Gasteiger partial charge is 0.489 e. The standard InChI is InChI=1S/C19H24Cl2N2O2/c1-14(24)11-22-7-8-23-12-15-3-2-4-18(9-15)25-13-16-5-6-17(20)10-19(16)21/h2-6,9-10,14,22-24H,7-8,11-13H2,1H3. The fraction of sp³-hybridized carbons (Fsp3) is 0.368. The third-order valence-electron chi connectivity index (χ3n) is 3.56. The maximum atomic E-state index is 9.17. The third kappa shape index (κ3) is 7.63. The highest BCUT2D eigenvalue weighted by molar-refractivity contribution is 6.35. The van der Waals surface area contributed by atoms with Gasteiger partial charge in [-0.25, -0.2) is 0 Å². The fourth-order valence-electron chi connectivity index (χ4n) is 2.27. The van der Waals surface area contributed by atoms with Crippen molar-refractivity contribution in [2.45, 2.75) is 26.2 Å². The molecule has 4 nitrogen and oxygen atoms in total. The van der Waals surface area contributed by atoms with E-state index in [9.17, 15) is 0 Å². The third-order valence-corrected chi connectivity index (χ3v) is 4.14. The van der Waals surface area contributed by atoms with Crippen molar-refractivity contribution in [3.63, 3.8) is 0 Å². The molecule has 25 heavy (non-hydrogen) atoms. The van der Waals surface area contributed by atoms with Gasteiger partial charge in [-0.15, -0.1) is 0 Å². The number of nitrogens with one attached hydrogen (secondary N) is 2. The number of rotatable bonds is 10. The van der Waals surface area contributed by atoms with Crippen molar-refractivity contribution in [2.24, 2.45) is 0 Å². The van der Waals surface area contributed by atoms with E-state index < -0.39 is 0 Å². The first-order valence-electron chi connectivity index (χ1n) is 8.30. The van der Waals surface area contributed by atoms with E-state index in [4.69, 9.17) is 33.0 Å². The van der Waals surface area contributed by atoms with Gasteiger partial charge < -0.3 is 20.5 Å². The maximum Gasteiger partial charge on any atom is 0.120 e. The monoisotopic (exact) mass is 382 g/mol. The zero-order valence-electron chi connectivity index (χ0n) is 14.3. The Morgan fingerprint density at radius 2 is 1.88 bits per heavy atom. The Kier molecular flexibility index (Phi) is 8.52. The van der Waals surface area contributed by atoms with Gasteiger partial charge in [-0.1, -0.05) is 41.4 Å². The van der Waals surface area contributed by atoms with Crippen molar-refractivity contribution in [1.82, 2.24) is 10.6 Å². The molecule has 0 aliphatic rings. The number of hydrogen-bond donors (Lipinski definition) is 3. The Morgan fingerprint density at radius 1 is 1.08 bits per heavy atom. The van der Waals surface area contributed by atoms with Crippen molar-refractivity contribution >= 4 is 23.2 Å². The van der Waals surface area contributed by atoms with Crippen LogP contribution in [-0.2, 0) is 13.2 Å². The van der Waals surface area contributed by atoms with E-state index in [1.165, 1.54) is 0 Å². The van der Waals surface area contributed by atoms with Crippen molar-refractivity contribution in [2.75, 3.05) is 19.6 Å². The molecule has 0 saturated carbocycles. The highest BCUT2D eigenvalue weighted by atomic mass is 35.5. The first-order chi connectivity index (χ1) is 12.0. The molecule has 0 amide bonds. The normalized spacial score (nSPS) is 12.2. The van der Waals surface area contributed by atoms with Crippen LogP contribution in [0, 0.1) is 0 Å². The molecule has 136 valence electrons. The molecule has 0 radical (unpaired) electrons. The minimum Gasteiger partial charge on any atom is -0.489 e. The molecule has 0 heterocycles. The molecule has 6 heteroatoms. The summed E-state index contributed by atoms with van der Waals surface area (Å²) in [5, 5.41) is 16.9. The van der Waals surface area contributed by atoms with Crippen molar-refractivity contribution in [3.05, 3.63) is 63.6 Å². The van der Waals surface area contributed by atoms with Gasteiger partial charge in [0.2, 0.25) is 0 Å². The molecule has 2 rings (SSSR count). The van der Waals surface area contributed by atoms with Crippen LogP contribution < -0.4 is 15.4 Å². The average molecular weight is 383 g/mol. The summed E-state index contributed by atoms with van der Waals surface area (Å²) in [5.74, 6) is 0.803. The molecule has 0 fully saturated rings. The molecule has 1 unspecified atom stereocenters. The van der Waals surface area contributed by atoms with E-state index in [2.05, 4.69) is 16.7 Å². The zero-order chi connectivity index (χ0) is 18.1. The van der Waals surface area contributed by atoms with Gasteiger partial charge in [0.15, 0.2) is 0 Å². The lowest BCUT2D eigenvalue weighted by molar-refractivity contribution is 0.191. The lowest BCUT2D eigenvalue weighted by Crippen LogP contribution is -2.31.